The van der Waals surface area contributed by atoms with Gasteiger partial charge in [-0.25, -0.2) is 0 Å². The Morgan fingerprint density at radius 2 is 1.29 bits per heavy atom. The molecule has 0 radical (unpaired) electrons. The molecule has 21 heavy (non-hydrogen) atoms. The molecule has 0 saturated heterocycles. The summed E-state index contributed by atoms with van der Waals surface area (Å²) in [4.78, 5) is 0. The van der Waals surface area contributed by atoms with E-state index in [1.54, 1.807) is 12.2 Å². The summed E-state index contributed by atoms with van der Waals surface area (Å²) in [6, 6.07) is 9.86. The summed E-state index contributed by atoms with van der Waals surface area (Å²) in [6.07, 6.45) is 3.50. The third-order valence-electron chi connectivity index (χ3n) is 1.27. The standard InChI is InChI=1S/C10H14O.2C3H6.C2H6O2/c1-10(2,3)11-9-7-5-4-6-8-9;2*1-3-2;3-1-2-4/h4-8H,1-3H3;2*3H,1H2,2H3;3-4H,1-2H2. The predicted molar refractivity (Wildman–Crippen MR) is 92.7 cm³/mol. The molecular weight excluding hydrogens is 264 g/mol. The Morgan fingerprint density at radius 3 is 1.52 bits per heavy atom. The normalized spacial score (nSPS) is 8.52. The summed E-state index contributed by atoms with van der Waals surface area (Å²) in [6.45, 7) is 16.4. The van der Waals surface area contributed by atoms with Gasteiger partial charge in [0.25, 0.3) is 0 Å². The maximum absolute atomic E-state index is 7.62. The van der Waals surface area contributed by atoms with Crippen LogP contribution in [-0.4, -0.2) is 29.0 Å². The largest absolute Gasteiger partial charge is 0.488 e. The number of hydrogen-bond donors (Lipinski definition) is 2. The van der Waals surface area contributed by atoms with Crippen molar-refractivity contribution in [2.24, 2.45) is 0 Å². The van der Waals surface area contributed by atoms with Crippen LogP contribution in [0.2, 0.25) is 0 Å². The fourth-order valence-corrected chi connectivity index (χ4v) is 0.842. The first kappa shape index (κ1) is 24.4. The van der Waals surface area contributed by atoms with Gasteiger partial charge in [0.15, 0.2) is 0 Å². The summed E-state index contributed by atoms with van der Waals surface area (Å²) >= 11 is 0. The van der Waals surface area contributed by atoms with E-state index in [1.165, 1.54) is 0 Å². The number of hydrogen-bond acceptors (Lipinski definition) is 3. The quantitative estimate of drug-likeness (QED) is 0.803. The SMILES string of the molecule is C=CC.C=CC.CC(C)(C)Oc1ccccc1.OCCO. The lowest BCUT2D eigenvalue weighted by atomic mass is 10.2. The molecule has 0 aliphatic carbocycles. The number of benzene rings is 1. The van der Waals surface area contributed by atoms with Crippen molar-refractivity contribution in [3.8, 4) is 5.75 Å². The van der Waals surface area contributed by atoms with E-state index in [-0.39, 0.29) is 18.8 Å². The third-order valence-corrected chi connectivity index (χ3v) is 1.27. The van der Waals surface area contributed by atoms with Gasteiger partial charge in [-0.3, -0.25) is 0 Å². The highest BCUT2D eigenvalue weighted by molar-refractivity contribution is 5.21. The van der Waals surface area contributed by atoms with Crippen molar-refractivity contribution in [1.29, 1.82) is 0 Å². The molecule has 3 nitrogen and oxygen atoms in total. The average molecular weight is 296 g/mol. The molecule has 1 rings (SSSR count). The Hall–Kier alpha value is -1.58. The smallest absolute Gasteiger partial charge is 0.120 e. The van der Waals surface area contributed by atoms with Crippen LogP contribution in [0.15, 0.2) is 55.6 Å². The molecule has 0 aliphatic heterocycles. The van der Waals surface area contributed by atoms with Crippen molar-refractivity contribution in [1.82, 2.24) is 0 Å². The molecule has 0 aromatic heterocycles. The molecule has 1 aromatic rings. The van der Waals surface area contributed by atoms with E-state index in [4.69, 9.17) is 14.9 Å². The van der Waals surface area contributed by atoms with Gasteiger partial charge in [-0.2, -0.15) is 0 Å². The molecule has 0 unspecified atom stereocenters. The van der Waals surface area contributed by atoms with Crippen molar-refractivity contribution in [3.63, 3.8) is 0 Å². The number of aliphatic hydroxyl groups is 2. The highest BCUT2D eigenvalue weighted by Crippen LogP contribution is 2.16. The molecule has 1 aromatic carbocycles. The fraction of sp³-hybridized carbons (Fsp3) is 0.444. The molecule has 0 atom stereocenters. The molecule has 122 valence electrons. The Morgan fingerprint density at radius 1 is 0.952 bits per heavy atom. The van der Waals surface area contributed by atoms with Crippen molar-refractivity contribution >= 4 is 0 Å². The number of allylic oxidation sites excluding steroid dienone is 2. The average Bonchev–Trinajstić information content (AvgIpc) is 2.40. The zero-order valence-corrected chi connectivity index (χ0v) is 14.2. The van der Waals surface area contributed by atoms with E-state index in [0.717, 1.165) is 5.75 Å². The maximum Gasteiger partial charge on any atom is 0.120 e. The minimum Gasteiger partial charge on any atom is -0.488 e. The van der Waals surface area contributed by atoms with Crippen LogP contribution < -0.4 is 4.74 Å². The van der Waals surface area contributed by atoms with Gasteiger partial charge in [0.2, 0.25) is 0 Å². The molecule has 0 saturated carbocycles. The van der Waals surface area contributed by atoms with Crippen LogP contribution in [-0.2, 0) is 0 Å². The molecular formula is C18H32O3. The minimum absolute atomic E-state index is 0.0959. The second kappa shape index (κ2) is 18.4. The van der Waals surface area contributed by atoms with Crippen molar-refractivity contribution in [3.05, 3.63) is 55.6 Å². The van der Waals surface area contributed by atoms with Gasteiger partial charge in [0.1, 0.15) is 11.4 Å². The number of ether oxygens (including phenoxy) is 1. The molecule has 2 N–H and O–H groups in total. The van der Waals surface area contributed by atoms with Crippen LogP contribution in [0.25, 0.3) is 0 Å². The van der Waals surface area contributed by atoms with Crippen LogP contribution >= 0.6 is 0 Å². The van der Waals surface area contributed by atoms with Gasteiger partial charge in [-0.05, 0) is 46.8 Å². The highest BCUT2D eigenvalue weighted by atomic mass is 16.5. The molecule has 0 aliphatic rings. The number of para-hydroxylation sites is 1. The second-order valence-electron chi connectivity index (χ2n) is 4.79. The van der Waals surface area contributed by atoms with Crippen LogP contribution in [0, 0.1) is 0 Å². The predicted octanol–water partition coefficient (Wildman–Crippen LogP) is 4.22. The summed E-state index contributed by atoms with van der Waals surface area (Å²) in [5.41, 5.74) is -0.0959. The van der Waals surface area contributed by atoms with Gasteiger partial charge in [0.05, 0.1) is 13.2 Å². The van der Waals surface area contributed by atoms with E-state index in [9.17, 15) is 0 Å². The molecule has 0 amide bonds. The van der Waals surface area contributed by atoms with Crippen LogP contribution in [0.4, 0.5) is 0 Å². The Bertz CT molecular complexity index is 305. The van der Waals surface area contributed by atoms with E-state index in [1.807, 2.05) is 65.0 Å². The van der Waals surface area contributed by atoms with Gasteiger partial charge >= 0.3 is 0 Å². The molecule has 0 fully saturated rings. The number of aliphatic hydroxyl groups excluding tert-OH is 2. The molecule has 0 spiro atoms. The minimum atomic E-state index is -0.125. The van der Waals surface area contributed by atoms with Crippen LogP contribution in [0.1, 0.15) is 34.6 Å². The van der Waals surface area contributed by atoms with Crippen molar-refractivity contribution in [2.75, 3.05) is 13.2 Å². The van der Waals surface area contributed by atoms with Crippen molar-refractivity contribution in [2.45, 2.75) is 40.2 Å². The lowest BCUT2D eigenvalue weighted by Gasteiger charge is -2.20. The van der Waals surface area contributed by atoms with Crippen LogP contribution in [0.3, 0.4) is 0 Å². The highest BCUT2D eigenvalue weighted by Gasteiger charge is 2.10. The van der Waals surface area contributed by atoms with Gasteiger partial charge < -0.3 is 14.9 Å². The van der Waals surface area contributed by atoms with Crippen LogP contribution in [0.5, 0.6) is 5.75 Å². The Labute approximate surface area is 130 Å². The lowest BCUT2D eigenvalue weighted by molar-refractivity contribution is 0.131. The van der Waals surface area contributed by atoms with Gasteiger partial charge in [0, 0.05) is 0 Å². The fourth-order valence-electron chi connectivity index (χ4n) is 0.842. The molecule has 0 heterocycles. The summed E-state index contributed by atoms with van der Waals surface area (Å²) < 4.78 is 5.60. The van der Waals surface area contributed by atoms with E-state index >= 15 is 0 Å². The molecule has 0 bridgehead atoms. The number of rotatable bonds is 2. The van der Waals surface area contributed by atoms with Crippen molar-refractivity contribution < 1.29 is 14.9 Å². The third kappa shape index (κ3) is 32.2. The topological polar surface area (TPSA) is 49.7 Å². The Balaban J connectivity index is -0.000000270. The van der Waals surface area contributed by atoms with Gasteiger partial charge in [-0.1, -0.05) is 30.4 Å². The first-order valence-corrected chi connectivity index (χ1v) is 6.92. The molecule has 3 heteroatoms. The first-order chi connectivity index (χ1) is 9.82. The summed E-state index contributed by atoms with van der Waals surface area (Å²) in [7, 11) is 0. The zero-order valence-electron chi connectivity index (χ0n) is 14.2. The monoisotopic (exact) mass is 296 g/mol. The van der Waals surface area contributed by atoms with E-state index in [2.05, 4.69) is 13.2 Å². The zero-order chi connectivity index (χ0) is 17.1. The maximum atomic E-state index is 7.62. The summed E-state index contributed by atoms with van der Waals surface area (Å²) in [5.74, 6) is 0.931. The van der Waals surface area contributed by atoms with E-state index in [0.29, 0.717) is 0 Å². The van der Waals surface area contributed by atoms with E-state index < -0.39 is 0 Å². The first-order valence-electron chi connectivity index (χ1n) is 6.92. The second-order valence-corrected chi connectivity index (χ2v) is 4.79. The van der Waals surface area contributed by atoms with Gasteiger partial charge in [-0.15, -0.1) is 13.2 Å². The summed E-state index contributed by atoms with van der Waals surface area (Å²) in [5, 5.41) is 15.2. The lowest BCUT2D eigenvalue weighted by Crippen LogP contribution is -2.22. The Kier molecular flexibility index (Phi) is 21.4.